The summed E-state index contributed by atoms with van der Waals surface area (Å²) in [5.74, 6) is -4.42. The summed E-state index contributed by atoms with van der Waals surface area (Å²) in [6.07, 6.45) is 0. The summed E-state index contributed by atoms with van der Waals surface area (Å²) in [6.45, 7) is 0. The van der Waals surface area contributed by atoms with Crippen LogP contribution in [0.5, 0.6) is 40.2 Å². The Balaban J connectivity index is 1.14. The summed E-state index contributed by atoms with van der Waals surface area (Å²) in [4.78, 5) is 14.8. The van der Waals surface area contributed by atoms with Crippen LogP contribution in [0, 0.1) is 0 Å². The number of nitrogens with zero attached hydrogens (tertiary/aromatic N) is 4. The Morgan fingerprint density at radius 2 is 0.710 bits per heavy atom. The van der Waals surface area contributed by atoms with Crippen LogP contribution in [0.1, 0.15) is 0 Å². The monoisotopic (exact) mass is 900 g/mol. The minimum absolute atomic E-state index is 0.0819. The zero-order valence-corrected chi connectivity index (χ0v) is 36.6. The largest absolute Gasteiger partial charge is 0.505 e. The molecule has 69 heavy (non-hydrogen) atoms. The van der Waals surface area contributed by atoms with Gasteiger partial charge in [0, 0.05) is 22.3 Å². The van der Waals surface area contributed by atoms with E-state index in [0.717, 1.165) is 65.7 Å². The number of fused-ring (bicyclic) bond motifs is 9. The smallest absolute Gasteiger partial charge is 0.206 e. The van der Waals surface area contributed by atoms with Gasteiger partial charge in [0.1, 0.15) is 13.4 Å². The Labute approximate surface area is 393 Å². The minimum Gasteiger partial charge on any atom is -0.505 e. The van der Waals surface area contributed by atoms with Gasteiger partial charge in [0.25, 0.3) is 0 Å². The molecule has 2 aromatic heterocycles. The van der Waals surface area contributed by atoms with Crippen LogP contribution in [-0.4, -0.2) is 63.1 Å². The van der Waals surface area contributed by atoms with Crippen LogP contribution in [0.3, 0.4) is 0 Å². The molecule has 0 aliphatic carbocycles. The molecule has 12 rings (SSSR count). The molecule has 0 atom stereocenters. The van der Waals surface area contributed by atoms with E-state index in [-0.39, 0.29) is 27.3 Å². The predicted octanol–water partition coefficient (Wildman–Crippen LogP) is 11.0. The fraction of sp³-hybridized carbons (Fsp3) is 0. The van der Waals surface area contributed by atoms with Gasteiger partial charge in [0.05, 0.1) is 22.0 Å². The van der Waals surface area contributed by atoms with Crippen molar-refractivity contribution in [3.63, 3.8) is 0 Å². The molecule has 0 bridgehead atoms. The minimum atomic E-state index is -1.03. The van der Waals surface area contributed by atoms with Crippen LogP contribution in [0.2, 0.25) is 0 Å². The summed E-state index contributed by atoms with van der Waals surface area (Å²) in [5.41, 5.74) is 5.89. The van der Waals surface area contributed by atoms with Gasteiger partial charge in [0.15, 0.2) is 46.2 Å². The average Bonchev–Trinajstić information content (AvgIpc) is 3.77. The van der Waals surface area contributed by atoms with Gasteiger partial charge in [-0.05, 0) is 78.7 Å². The Hall–Kier alpha value is -9.55. The fourth-order valence-corrected chi connectivity index (χ4v) is 9.83. The Kier molecular flexibility index (Phi) is 9.21. The van der Waals surface area contributed by atoms with E-state index in [1.54, 1.807) is 0 Å². The van der Waals surface area contributed by atoms with Gasteiger partial charge in [0.2, 0.25) is 11.5 Å². The summed E-state index contributed by atoms with van der Waals surface area (Å²) in [7, 11) is 1.52. The van der Waals surface area contributed by atoms with E-state index in [1.807, 2.05) is 146 Å². The van der Waals surface area contributed by atoms with Gasteiger partial charge in [-0.3, -0.25) is 0 Å². The number of benzene rings is 10. The van der Waals surface area contributed by atoms with Crippen molar-refractivity contribution in [3.05, 3.63) is 170 Å². The van der Waals surface area contributed by atoms with E-state index >= 15 is 0 Å². The SMILES string of the molecule is Bc1c(O)c(O)c(O)c2c3c(O)c(O)c(O)c(O)c3n(-c3cc4c5ccccc5c5ccccc5c4cc3-c3cccc(-c4cccc(-c5nc(-c6ccccc6)nc(-c6ccccc6)n5)c4)c3)c12. The zero-order valence-electron chi connectivity index (χ0n) is 36.6. The van der Waals surface area contributed by atoms with E-state index in [4.69, 9.17) is 15.0 Å². The summed E-state index contributed by atoms with van der Waals surface area (Å²) >= 11 is 0. The van der Waals surface area contributed by atoms with Crippen molar-refractivity contribution >= 4 is 67.4 Å². The molecule has 0 saturated carbocycles. The maximum absolute atomic E-state index is 11.8. The highest BCUT2D eigenvalue weighted by Gasteiger charge is 2.32. The molecule has 7 N–H and O–H groups in total. The van der Waals surface area contributed by atoms with Crippen molar-refractivity contribution in [3.8, 4) is 102 Å². The molecule has 0 aliphatic rings. The number of rotatable bonds is 6. The molecule has 0 radical (unpaired) electrons. The first kappa shape index (κ1) is 40.9. The number of aromatic hydroxyl groups is 7. The molecule has 0 unspecified atom stereocenters. The van der Waals surface area contributed by atoms with Crippen LogP contribution in [0.4, 0.5) is 0 Å². The molecule has 2 heterocycles. The zero-order chi connectivity index (χ0) is 47.2. The van der Waals surface area contributed by atoms with E-state index < -0.39 is 40.2 Å². The lowest BCUT2D eigenvalue weighted by Gasteiger charge is -2.20. The second kappa shape index (κ2) is 15.5. The van der Waals surface area contributed by atoms with Gasteiger partial charge >= 0.3 is 0 Å². The molecule has 0 amide bonds. The molecular weight excluding hydrogens is 863 g/mol. The molecular formula is C57H37BN4O7. The van der Waals surface area contributed by atoms with Crippen LogP contribution >= 0.6 is 0 Å². The lowest BCUT2D eigenvalue weighted by Crippen LogP contribution is -2.10. The van der Waals surface area contributed by atoms with E-state index in [2.05, 4.69) is 24.3 Å². The second-order valence-electron chi connectivity index (χ2n) is 17.1. The number of hydrogen-bond acceptors (Lipinski definition) is 10. The molecule has 11 nitrogen and oxygen atoms in total. The maximum Gasteiger partial charge on any atom is 0.206 e. The highest BCUT2D eigenvalue weighted by Crippen LogP contribution is 2.56. The highest BCUT2D eigenvalue weighted by molar-refractivity contribution is 6.43. The van der Waals surface area contributed by atoms with Crippen LogP contribution < -0.4 is 5.46 Å². The molecule has 12 heteroatoms. The van der Waals surface area contributed by atoms with E-state index in [9.17, 15) is 35.7 Å². The van der Waals surface area contributed by atoms with E-state index in [1.165, 1.54) is 12.4 Å². The standard InChI is InChI=1S/C57H37BN4O7/c58-45-46-43(48(63)52(67)50(45)65)44-47(51(66)54(69)53(68)49(44)64)62(46)42-28-41-38-24-10-8-22-36(38)35-21-7-9-23-37(35)40(41)27-39(42)33-19-11-17-31(25-33)32-18-12-20-34(26-32)57-60-55(29-13-3-1-4-14-29)59-56(61-57)30-15-5-2-6-16-30/h1-28,63-69H,58H2. The van der Waals surface area contributed by atoms with Gasteiger partial charge in [-0.25, -0.2) is 15.0 Å². The lowest BCUT2D eigenvalue weighted by molar-refractivity contribution is 0.350. The summed E-state index contributed by atoms with van der Waals surface area (Å²) < 4.78 is 1.54. The first-order valence-corrected chi connectivity index (χ1v) is 22.1. The summed E-state index contributed by atoms with van der Waals surface area (Å²) in [6, 6.07) is 55.6. The quantitative estimate of drug-likeness (QED) is 0.0367. The number of phenolic OH excluding ortho intramolecular Hbond substituents is 7. The third-order valence-electron chi connectivity index (χ3n) is 13.1. The van der Waals surface area contributed by atoms with Crippen LogP contribution in [-0.2, 0) is 0 Å². The van der Waals surface area contributed by atoms with Gasteiger partial charge < -0.3 is 40.3 Å². The van der Waals surface area contributed by atoms with Gasteiger partial charge in [-0.15, -0.1) is 0 Å². The average molecular weight is 901 g/mol. The number of aromatic nitrogens is 4. The second-order valence-corrected chi connectivity index (χ2v) is 17.1. The predicted molar refractivity (Wildman–Crippen MR) is 274 cm³/mol. The molecule has 0 fully saturated rings. The highest BCUT2D eigenvalue weighted by atomic mass is 16.3. The van der Waals surface area contributed by atoms with Gasteiger partial charge in [-0.2, -0.15) is 0 Å². The normalized spacial score (nSPS) is 11.7. The van der Waals surface area contributed by atoms with Crippen molar-refractivity contribution in [2.24, 2.45) is 0 Å². The van der Waals surface area contributed by atoms with Crippen molar-refractivity contribution < 1.29 is 35.7 Å². The number of phenols is 7. The maximum atomic E-state index is 11.8. The van der Waals surface area contributed by atoms with Crippen molar-refractivity contribution in [2.75, 3.05) is 0 Å². The number of hydrogen-bond donors (Lipinski definition) is 7. The molecule has 0 aliphatic heterocycles. The third kappa shape index (κ3) is 6.26. The Morgan fingerprint density at radius 1 is 0.319 bits per heavy atom. The van der Waals surface area contributed by atoms with Gasteiger partial charge in [-0.1, -0.05) is 146 Å². The van der Waals surface area contributed by atoms with Crippen molar-refractivity contribution in [1.82, 2.24) is 19.5 Å². The molecule has 330 valence electrons. The third-order valence-corrected chi connectivity index (χ3v) is 13.1. The van der Waals surface area contributed by atoms with Crippen LogP contribution in [0.25, 0.3) is 116 Å². The topological polar surface area (TPSA) is 185 Å². The molecule has 12 aromatic rings. The van der Waals surface area contributed by atoms with Crippen molar-refractivity contribution in [2.45, 2.75) is 0 Å². The fourth-order valence-electron chi connectivity index (χ4n) is 9.83. The molecule has 10 aromatic carbocycles. The van der Waals surface area contributed by atoms with E-state index in [0.29, 0.717) is 28.7 Å². The molecule has 0 saturated heterocycles. The summed E-state index contributed by atoms with van der Waals surface area (Å²) in [5, 5.41) is 84.4. The first-order valence-electron chi connectivity index (χ1n) is 22.1. The van der Waals surface area contributed by atoms with Crippen molar-refractivity contribution in [1.29, 1.82) is 0 Å². The van der Waals surface area contributed by atoms with Crippen LogP contribution in [0.15, 0.2) is 170 Å². The Bertz CT molecular complexity index is 3990. The Morgan fingerprint density at radius 3 is 1.26 bits per heavy atom. The first-order chi connectivity index (χ1) is 33.6. The lowest BCUT2D eigenvalue weighted by atomic mass is 9.89. The molecule has 0 spiro atoms.